The Morgan fingerprint density at radius 3 is 2.86 bits per heavy atom. The molecule has 1 saturated carbocycles. The van der Waals surface area contributed by atoms with Gasteiger partial charge in [0.25, 0.3) is 0 Å². The van der Waals surface area contributed by atoms with Crippen LogP contribution >= 0.6 is 0 Å². The lowest BCUT2D eigenvalue weighted by atomic mass is 9.85. The first-order chi connectivity index (χ1) is 6.93. The molecule has 2 saturated heterocycles. The second-order valence-corrected chi connectivity index (χ2v) is 5.18. The van der Waals surface area contributed by atoms with E-state index < -0.39 is 0 Å². The minimum Gasteiger partial charge on any atom is -0.373 e. The van der Waals surface area contributed by atoms with Gasteiger partial charge in [-0.25, -0.2) is 0 Å². The van der Waals surface area contributed by atoms with E-state index in [2.05, 4.69) is 4.90 Å². The average molecular weight is 195 g/mol. The molecule has 0 amide bonds. The molecule has 0 aromatic rings. The fourth-order valence-electron chi connectivity index (χ4n) is 3.33. The molecule has 0 spiro atoms. The van der Waals surface area contributed by atoms with Crippen LogP contribution in [0.25, 0.3) is 0 Å². The van der Waals surface area contributed by atoms with Crippen LogP contribution in [0.2, 0.25) is 0 Å². The number of likely N-dealkylation sites (tertiary alicyclic amines) is 1. The summed E-state index contributed by atoms with van der Waals surface area (Å²) in [4.78, 5) is 2.74. The molecular formula is C12H21NO. The number of rotatable bonds is 3. The van der Waals surface area contributed by atoms with E-state index >= 15 is 0 Å². The van der Waals surface area contributed by atoms with Crippen molar-refractivity contribution in [1.29, 1.82) is 0 Å². The molecule has 2 nitrogen and oxygen atoms in total. The van der Waals surface area contributed by atoms with Crippen LogP contribution in [0.4, 0.5) is 0 Å². The molecule has 3 atom stereocenters. The van der Waals surface area contributed by atoms with Gasteiger partial charge in [0, 0.05) is 12.6 Å². The highest BCUT2D eigenvalue weighted by Crippen LogP contribution is 2.36. The Labute approximate surface area is 86.6 Å². The maximum Gasteiger partial charge on any atom is 0.0822 e. The van der Waals surface area contributed by atoms with Crippen LogP contribution in [0.1, 0.15) is 38.5 Å². The molecule has 2 heteroatoms. The van der Waals surface area contributed by atoms with E-state index in [1.165, 1.54) is 51.6 Å². The summed E-state index contributed by atoms with van der Waals surface area (Å²) in [6.07, 6.45) is 9.30. The SMILES string of the molecule is C1CCC2C(C1)CCN2CCC1CO1. The van der Waals surface area contributed by atoms with E-state index in [4.69, 9.17) is 4.74 Å². The summed E-state index contributed by atoms with van der Waals surface area (Å²) in [7, 11) is 0. The van der Waals surface area contributed by atoms with Crippen molar-refractivity contribution >= 4 is 0 Å². The average Bonchev–Trinajstić information content (AvgIpc) is 2.96. The second-order valence-electron chi connectivity index (χ2n) is 5.18. The molecule has 80 valence electrons. The van der Waals surface area contributed by atoms with Gasteiger partial charge in [-0.15, -0.1) is 0 Å². The van der Waals surface area contributed by atoms with Crippen molar-refractivity contribution in [3.05, 3.63) is 0 Å². The molecule has 1 aliphatic carbocycles. The number of hydrogen-bond acceptors (Lipinski definition) is 2. The molecule has 3 rings (SSSR count). The molecule has 0 radical (unpaired) electrons. The van der Waals surface area contributed by atoms with Gasteiger partial charge in [0.1, 0.15) is 0 Å². The molecule has 2 heterocycles. The first-order valence-corrected chi connectivity index (χ1v) is 6.29. The van der Waals surface area contributed by atoms with Gasteiger partial charge < -0.3 is 9.64 Å². The summed E-state index contributed by atoms with van der Waals surface area (Å²) in [5, 5.41) is 0. The monoisotopic (exact) mass is 195 g/mol. The smallest absolute Gasteiger partial charge is 0.0822 e. The standard InChI is InChI=1S/C12H21NO/c1-2-4-12-10(3-1)5-7-13(12)8-6-11-9-14-11/h10-12H,1-9H2. The van der Waals surface area contributed by atoms with Gasteiger partial charge in [-0.1, -0.05) is 12.8 Å². The van der Waals surface area contributed by atoms with Crippen molar-refractivity contribution in [2.75, 3.05) is 19.7 Å². The number of hydrogen-bond donors (Lipinski definition) is 0. The van der Waals surface area contributed by atoms with Crippen molar-refractivity contribution in [3.63, 3.8) is 0 Å². The summed E-state index contributed by atoms with van der Waals surface area (Å²) in [6.45, 7) is 3.69. The Morgan fingerprint density at radius 2 is 2.00 bits per heavy atom. The van der Waals surface area contributed by atoms with Gasteiger partial charge in [-0.3, -0.25) is 0 Å². The maximum atomic E-state index is 5.28. The normalized spacial score (nSPS) is 42.4. The van der Waals surface area contributed by atoms with Crippen LogP contribution in [0.5, 0.6) is 0 Å². The van der Waals surface area contributed by atoms with Gasteiger partial charge >= 0.3 is 0 Å². The summed E-state index contributed by atoms with van der Waals surface area (Å²) < 4.78 is 5.28. The van der Waals surface area contributed by atoms with Crippen molar-refractivity contribution in [1.82, 2.24) is 4.90 Å². The fourth-order valence-corrected chi connectivity index (χ4v) is 3.33. The van der Waals surface area contributed by atoms with Crippen molar-refractivity contribution < 1.29 is 4.74 Å². The summed E-state index contributed by atoms with van der Waals surface area (Å²) >= 11 is 0. The number of fused-ring (bicyclic) bond motifs is 1. The quantitative estimate of drug-likeness (QED) is 0.640. The van der Waals surface area contributed by atoms with E-state index in [9.17, 15) is 0 Å². The van der Waals surface area contributed by atoms with Crippen LogP contribution in [-0.4, -0.2) is 36.7 Å². The first-order valence-electron chi connectivity index (χ1n) is 6.29. The molecule has 14 heavy (non-hydrogen) atoms. The molecule has 0 aromatic heterocycles. The lowest BCUT2D eigenvalue weighted by Crippen LogP contribution is -2.35. The Kier molecular flexibility index (Phi) is 2.50. The lowest BCUT2D eigenvalue weighted by molar-refractivity contribution is 0.176. The Balaban J connectivity index is 1.52. The Bertz CT molecular complexity index is 202. The largest absolute Gasteiger partial charge is 0.373 e. The van der Waals surface area contributed by atoms with Crippen molar-refractivity contribution in [3.8, 4) is 0 Å². The molecule has 3 fully saturated rings. The van der Waals surface area contributed by atoms with Gasteiger partial charge in [-0.2, -0.15) is 0 Å². The van der Waals surface area contributed by atoms with Gasteiger partial charge in [0.2, 0.25) is 0 Å². The fraction of sp³-hybridized carbons (Fsp3) is 1.00. The van der Waals surface area contributed by atoms with Crippen molar-refractivity contribution in [2.45, 2.75) is 50.7 Å². The van der Waals surface area contributed by atoms with Crippen LogP contribution in [0.3, 0.4) is 0 Å². The molecule has 0 N–H and O–H groups in total. The zero-order valence-corrected chi connectivity index (χ0v) is 8.95. The minimum absolute atomic E-state index is 0.623. The molecule has 0 aromatic carbocycles. The lowest BCUT2D eigenvalue weighted by Gasteiger charge is -2.31. The number of ether oxygens (including phenoxy) is 1. The third-order valence-electron chi connectivity index (χ3n) is 4.27. The molecule has 3 unspecified atom stereocenters. The van der Waals surface area contributed by atoms with E-state index in [-0.39, 0.29) is 0 Å². The van der Waals surface area contributed by atoms with E-state index in [1.807, 2.05) is 0 Å². The Morgan fingerprint density at radius 1 is 1.14 bits per heavy atom. The van der Waals surface area contributed by atoms with Crippen LogP contribution in [0, 0.1) is 5.92 Å². The van der Waals surface area contributed by atoms with Gasteiger partial charge in [0.15, 0.2) is 0 Å². The van der Waals surface area contributed by atoms with Crippen LogP contribution in [0.15, 0.2) is 0 Å². The predicted molar refractivity (Wildman–Crippen MR) is 56.3 cm³/mol. The zero-order chi connectivity index (χ0) is 9.38. The van der Waals surface area contributed by atoms with E-state index in [0.29, 0.717) is 6.10 Å². The highest BCUT2D eigenvalue weighted by molar-refractivity contribution is 4.90. The molecular weight excluding hydrogens is 174 g/mol. The third-order valence-corrected chi connectivity index (χ3v) is 4.27. The topological polar surface area (TPSA) is 15.8 Å². The summed E-state index contributed by atoms with van der Waals surface area (Å²) in [5.41, 5.74) is 0. The minimum atomic E-state index is 0.623. The summed E-state index contributed by atoms with van der Waals surface area (Å²) in [6, 6.07) is 0.947. The van der Waals surface area contributed by atoms with Crippen LogP contribution < -0.4 is 0 Å². The van der Waals surface area contributed by atoms with Crippen LogP contribution in [-0.2, 0) is 4.74 Å². The maximum absolute atomic E-state index is 5.28. The van der Waals surface area contributed by atoms with E-state index in [1.54, 1.807) is 0 Å². The molecule has 3 aliphatic rings. The highest BCUT2D eigenvalue weighted by Gasteiger charge is 2.36. The van der Waals surface area contributed by atoms with Gasteiger partial charge in [0.05, 0.1) is 12.7 Å². The second kappa shape index (κ2) is 3.82. The summed E-state index contributed by atoms with van der Waals surface area (Å²) in [5.74, 6) is 1.05. The van der Waals surface area contributed by atoms with Crippen molar-refractivity contribution in [2.24, 2.45) is 5.92 Å². The van der Waals surface area contributed by atoms with Gasteiger partial charge in [-0.05, 0) is 38.1 Å². The highest BCUT2D eigenvalue weighted by atomic mass is 16.6. The number of epoxide rings is 1. The number of nitrogens with zero attached hydrogens (tertiary/aromatic N) is 1. The predicted octanol–water partition coefficient (Wildman–Crippen LogP) is 2.04. The zero-order valence-electron chi connectivity index (χ0n) is 8.95. The molecule has 0 bridgehead atoms. The Hall–Kier alpha value is -0.0800. The third kappa shape index (κ3) is 1.82. The first kappa shape index (κ1) is 9.17. The van der Waals surface area contributed by atoms with E-state index in [0.717, 1.165) is 18.6 Å². The molecule has 2 aliphatic heterocycles.